The molecule has 0 bridgehead atoms. The highest BCUT2D eigenvalue weighted by atomic mass is 32.2. The predicted molar refractivity (Wildman–Crippen MR) is 195 cm³/mol. The summed E-state index contributed by atoms with van der Waals surface area (Å²) < 4.78 is 72.3. The third-order valence-electron chi connectivity index (χ3n) is 11.2. The van der Waals surface area contributed by atoms with E-state index in [0.717, 1.165) is 29.5 Å². The molecule has 2 saturated carbocycles. The Hall–Kier alpha value is -3.08. The molecule has 0 aromatic heterocycles. The summed E-state index contributed by atoms with van der Waals surface area (Å²) in [5, 5.41) is 23.6. The van der Waals surface area contributed by atoms with Gasteiger partial charge in [0.15, 0.2) is 9.84 Å². The standard InChI is InChI=1S/C38H49N3O9S2/c1-2-48-34-11-8-28(27-6-9-29(10-7-27)38(39)14-15-38)20-35(34)52(46,47)41-18-16-36(17-19-41)22-30(24-50-36)40-23-31(43)25-49-32-4-3-5-33(21-32)51(44,45)37(26-42)12-13-37/h3-11,20-21,30-31,40,42-43H,2,12-19,22-26,39H2,1H3/t30-,31-/m0/s1. The van der Waals surface area contributed by atoms with Gasteiger partial charge in [-0.1, -0.05) is 36.4 Å². The van der Waals surface area contributed by atoms with E-state index in [2.05, 4.69) is 5.32 Å². The molecule has 2 heterocycles. The highest BCUT2D eigenvalue weighted by molar-refractivity contribution is 7.93. The van der Waals surface area contributed by atoms with Crippen LogP contribution in [0.5, 0.6) is 11.5 Å². The zero-order valence-corrected chi connectivity index (χ0v) is 31.1. The average molecular weight is 756 g/mol. The van der Waals surface area contributed by atoms with Crippen molar-refractivity contribution in [1.82, 2.24) is 9.62 Å². The lowest BCUT2D eigenvalue weighted by Gasteiger charge is -2.38. The molecule has 282 valence electrons. The Kier molecular flexibility index (Phi) is 10.2. The number of benzene rings is 3. The van der Waals surface area contributed by atoms with Gasteiger partial charge in [-0.15, -0.1) is 0 Å². The van der Waals surface area contributed by atoms with Crippen LogP contribution in [0.4, 0.5) is 0 Å². The maximum Gasteiger partial charge on any atom is 0.246 e. The Labute approximate surface area is 306 Å². The van der Waals surface area contributed by atoms with Gasteiger partial charge in [0.05, 0.1) is 35.1 Å². The predicted octanol–water partition coefficient (Wildman–Crippen LogP) is 3.34. The van der Waals surface area contributed by atoms with Crippen molar-refractivity contribution in [2.24, 2.45) is 5.73 Å². The van der Waals surface area contributed by atoms with Crippen molar-refractivity contribution in [3.8, 4) is 22.6 Å². The van der Waals surface area contributed by atoms with Crippen molar-refractivity contribution in [3.63, 3.8) is 0 Å². The molecule has 2 saturated heterocycles. The Morgan fingerprint density at radius 3 is 2.31 bits per heavy atom. The highest BCUT2D eigenvalue weighted by Gasteiger charge is 2.54. The monoisotopic (exact) mass is 755 g/mol. The number of hydrogen-bond acceptors (Lipinski definition) is 11. The first-order chi connectivity index (χ1) is 24.8. The second kappa shape index (κ2) is 14.3. The van der Waals surface area contributed by atoms with E-state index in [1.165, 1.54) is 16.4 Å². The number of rotatable bonds is 15. The van der Waals surface area contributed by atoms with Gasteiger partial charge in [-0.3, -0.25) is 0 Å². The maximum absolute atomic E-state index is 14.1. The van der Waals surface area contributed by atoms with E-state index in [4.69, 9.17) is 19.9 Å². The van der Waals surface area contributed by atoms with E-state index in [1.54, 1.807) is 24.3 Å². The molecule has 0 amide bonds. The first-order valence-electron chi connectivity index (χ1n) is 18.1. The number of ether oxygens (including phenoxy) is 3. The largest absolute Gasteiger partial charge is 0.492 e. The lowest BCUT2D eigenvalue weighted by molar-refractivity contribution is -0.0312. The first kappa shape index (κ1) is 37.2. The van der Waals surface area contributed by atoms with Crippen molar-refractivity contribution in [2.75, 3.05) is 46.1 Å². The molecule has 0 unspecified atom stereocenters. The van der Waals surface area contributed by atoms with E-state index in [0.29, 0.717) is 69.9 Å². The van der Waals surface area contributed by atoms with Gasteiger partial charge < -0.3 is 35.5 Å². The number of hydrogen-bond donors (Lipinski definition) is 4. The molecular formula is C38H49N3O9S2. The number of piperidine rings is 1. The van der Waals surface area contributed by atoms with Crippen LogP contribution in [-0.2, 0) is 30.1 Å². The van der Waals surface area contributed by atoms with Crippen LogP contribution in [0.25, 0.3) is 11.1 Å². The SMILES string of the molecule is CCOc1ccc(-c2ccc(C3(N)CC3)cc2)cc1S(=O)(=O)N1CCC2(CC1)C[C@H](NC[C@H](O)COc1cccc(S(=O)(=O)C3(CO)CC3)c1)CO2. The number of sulfone groups is 1. The molecule has 3 aromatic rings. The van der Waals surface area contributed by atoms with Gasteiger partial charge in [0, 0.05) is 31.2 Å². The van der Waals surface area contributed by atoms with Crippen LogP contribution in [0.3, 0.4) is 0 Å². The molecule has 12 nitrogen and oxygen atoms in total. The van der Waals surface area contributed by atoms with E-state index in [1.807, 2.05) is 37.3 Å². The fraction of sp³-hybridized carbons (Fsp3) is 0.526. The summed E-state index contributed by atoms with van der Waals surface area (Å²) in [6.45, 7) is 3.01. The van der Waals surface area contributed by atoms with Crippen molar-refractivity contribution < 1.29 is 41.3 Å². The molecule has 0 radical (unpaired) electrons. The van der Waals surface area contributed by atoms with Gasteiger partial charge in [0.1, 0.15) is 29.1 Å². The van der Waals surface area contributed by atoms with E-state index in [-0.39, 0.29) is 34.5 Å². The number of nitrogens with one attached hydrogen (secondary N) is 1. The van der Waals surface area contributed by atoms with Crippen LogP contribution in [0.15, 0.2) is 76.5 Å². The van der Waals surface area contributed by atoms with Crippen molar-refractivity contribution in [3.05, 3.63) is 72.3 Å². The van der Waals surface area contributed by atoms with Crippen molar-refractivity contribution >= 4 is 19.9 Å². The third-order valence-corrected chi connectivity index (χ3v) is 15.6. The summed E-state index contributed by atoms with van der Waals surface area (Å²) in [5.41, 5.74) is 8.45. The summed E-state index contributed by atoms with van der Waals surface area (Å²) in [5.74, 6) is 0.656. The van der Waals surface area contributed by atoms with Crippen LogP contribution in [0, 0.1) is 0 Å². The summed E-state index contributed by atoms with van der Waals surface area (Å²) in [4.78, 5) is 0.248. The van der Waals surface area contributed by atoms with Gasteiger partial charge in [-0.2, -0.15) is 4.31 Å². The topological polar surface area (TPSA) is 178 Å². The molecule has 2 atom stereocenters. The third kappa shape index (κ3) is 7.36. The van der Waals surface area contributed by atoms with Gasteiger partial charge in [0.25, 0.3) is 0 Å². The number of sulfonamides is 1. The van der Waals surface area contributed by atoms with Crippen LogP contribution in [0.2, 0.25) is 0 Å². The lowest BCUT2D eigenvalue weighted by Crippen LogP contribution is -2.47. The average Bonchev–Trinajstić information content (AvgIpc) is 4.08. The second-order valence-electron chi connectivity index (χ2n) is 14.8. The molecule has 7 rings (SSSR count). The number of nitrogens with zero attached hydrogens (tertiary/aromatic N) is 1. The van der Waals surface area contributed by atoms with Gasteiger partial charge in [-0.05, 0) is 98.9 Å². The molecule has 5 N–H and O–H groups in total. The molecule has 3 aromatic carbocycles. The molecule has 14 heteroatoms. The smallest absolute Gasteiger partial charge is 0.246 e. The quantitative estimate of drug-likeness (QED) is 0.179. The molecule has 2 aliphatic heterocycles. The summed E-state index contributed by atoms with van der Waals surface area (Å²) >= 11 is 0. The van der Waals surface area contributed by atoms with Gasteiger partial charge >= 0.3 is 0 Å². The second-order valence-corrected chi connectivity index (χ2v) is 19.1. The van der Waals surface area contributed by atoms with Crippen molar-refractivity contribution in [1.29, 1.82) is 0 Å². The molecule has 4 fully saturated rings. The molecule has 1 spiro atoms. The van der Waals surface area contributed by atoms with Crippen LogP contribution in [-0.4, -0.2) is 99.9 Å². The maximum atomic E-state index is 14.1. The van der Waals surface area contributed by atoms with Crippen LogP contribution in [0.1, 0.15) is 57.4 Å². The minimum Gasteiger partial charge on any atom is -0.492 e. The van der Waals surface area contributed by atoms with E-state index >= 15 is 0 Å². The molecule has 4 aliphatic rings. The molecule has 2 aliphatic carbocycles. The Bertz CT molecular complexity index is 1970. The van der Waals surface area contributed by atoms with Crippen molar-refractivity contribution in [2.45, 2.75) is 89.7 Å². The van der Waals surface area contributed by atoms with Gasteiger partial charge in [0.2, 0.25) is 10.0 Å². The Morgan fingerprint density at radius 1 is 0.942 bits per heavy atom. The minimum atomic E-state index is -3.87. The summed E-state index contributed by atoms with van der Waals surface area (Å²) in [7, 11) is -7.55. The van der Waals surface area contributed by atoms with E-state index in [9.17, 15) is 27.0 Å². The normalized spacial score (nSPS) is 22.6. The number of aliphatic hydroxyl groups excluding tert-OH is 2. The highest BCUT2D eigenvalue weighted by Crippen LogP contribution is 2.47. The molecule has 52 heavy (non-hydrogen) atoms. The molecular weight excluding hydrogens is 707 g/mol. The minimum absolute atomic E-state index is 0.0267. The fourth-order valence-corrected chi connectivity index (χ4v) is 10.8. The Balaban J connectivity index is 0.921. The lowest BCUT2D eigenvalue weighted by atomic mass is 9.88. The van der Waals surface area contributed by atoms with E-state index < -0.39 is 42.9 Å². The zero-order chi connectivity index (χ0) is 36.8. The number of aliphatic hydroxyl groups is 2. The van der Waals surface area contributed by atoms with Crippen LogP contribution < -0.4 is 20.5 Å². The zero-order valence-electron chi connectivity index (χ0n) is 29.5. The Morgan fingerprint density at radius 2 is 1.65 bits per heavy atom. The van der Waals surface area contributed by atoms with Crippen LogP contribution >= 0.6 is 0 Å². The first-order valence-corrected chi connectivity index (χ1v) is 21.1. The number of nitrogens with two attached hydrogens (primary N) is 1. The summed E-state index contributed by atoms with van der Waals surface area (Å²) in [6.07, 6.45) is 3.71. The fourth-order valence-electron chi connectivity index (χ4n) is 7.37. The summed E-state index contributed by atoms with van der Waals surface area (Å²) in [6, 6.07) is 19.5. The van der Waals surface area contributed by atoms with Gasteiger partial charge in [-0.25, -0.2) is 16.8 Å².